The summed E-state index contributed by atoms with van der Waals surface area (Å²) in [6.45, 7) is 1.41. The molecule has 0 aromatic heterocycles. The van der Waals surface area contributed by atoms with E-state index >= 15 is 0 Å². The van der Waals surface area contributed by atoms with Gasteiger partial charge in [0.1, 0.15) is 6.10 Å². The number of hydrogen-bond donors (Lipinski definition) is 0. The van der Waals surface area contributed by atoms with Gasteiger partial charge in [-0.15, -0.1) is 0 Å². The highest BCUT2D eigenvalue weighted by atomic mass is 19.3. The number of halogens is 2. The van der Waals surface area contributed by atoms with E-state index in [4.69, 9.17) is 4.84 Å². The molecule has 1 aromatic carbocycles. The molecule has 2 rings (SSSR count). The fourth-order valence-electron chi connectivity index (χ4n) is 1.94. The molecule has 1 aliphatic rings. The normalized spacial score (nSPS) is 18.4. The van der Waals surface area contributed by atoms with Crippen molar-refractivity contribution in [1.82, 2.24) is 0 Å². The molecule has 1 unspecified atom stereocenters. The highest BCUT2D eigenvalue weighted by molar-refractivity contribution is 6.01. The lowest BCUT2D eigenvalue weighted by atomic mass is 10.0. The van der Waals surface area contributed by atoms with Crippen LogP contribution in [-0.2, 0) is 14.4 Å². The van der Waals surface area contributed by atoms with Crippen molar-refractivity contribution in [2.45, 2.75) is 31.8 Å². The number of rotatable bonds is 5. The molecule has 0 bridgehead atoms. The molecule has 0 aliphatic carbocycles. The van der Waals surface area contributed by atoms with E-state index in [9.17, 15) is 13.6 Å². The molecular formula is C14H15F2NO3. The summed E-state index contributed by atoms with van der Waals surface area (Å²) in [4.78, 5) is 16.1. The monoisotopic (exact) mass is 283 g/mol. The van der Waals surface area contributed by atoms with E-state index < -0.39 is 24.4 Å². The third-order valence-electron chi connectivity index (χ3n) is 2.90. The number of benzene rings is 1. The zero-order chi connectivity index (χ0) is 14.6. The van der Waals surface area contributed by atoms with Gasteiger partial charge in [-0.1, -0.05) is 35.5 Å². The minimum Gasteiger partial charge on any atom is -0.462 e. The Morgan fingerprint density at radius 2 is 2.15 bits per heavy atom. The van der Waals surface area contributed by atoms with Crippen LogP contribution < -0.4 is 0 Å². The maximum Gasteiger partial charge on any atom is 0.377 e. The number of ether oxygens (including phenoxy) is 1. The van der Waals surface area contributed by atoms with Crippen molar-refractivity contribution >= 4 is 11.7 Å². The molecule has 1 aromatic rings. The van der Waals surface area contributed by atoms with Gasteiger partial charge in [-0.2, -0.15) is 8.78 Å². The maximum absolute atomic E-state index is 13.6. The first-order valence-corrected chi connectivity index (χ1v) is 6.36. The molecule has 0 fully saturated rings. The van der Waals surface area contributed by atoms with Gasteiger partial charge in [0.25, 0.3) is 0 Å². The van der Waals surface area contributed by atoms with Crippen LogP contribution in [0.5, 0.6) is 0 Å². The van der Waals surface area contributed by atoms with Crippen molar-refractivity contribution in [1.29, 1.82) is 0 Å². The Balaban J connectivity index is 1.94. The van der Waals surface area contributed by atoms with Gasteiger partial charge in [0, 0.05) is 6.42 Å². The highest BCUT2D eigenvalue weighted by Crippen LogP contribution is 2.28. The third kappa shape index (κ3) is 3.31. The molecule has 0 saturated heterocycles. The number of hydrogen-bond acceptors (Lipinski definition) is 4. The lowest BCUT2D eigenvalue weighted by Gasteiger charge is -2.17. The van der Waals surface area contributed by atoms with Crippen LogP contribution in [-0.4, -0.2) is 30.3 Å². The molecule has 1 atom stereocenters. The van der Waals surface area contributed by atoms with Crippen LogP contribution in [0.25, 0.3) is 0 Å². The summed E-state index contributed by atoms with van der Waals surface area (Å²) in [7, 11) is 0. The molecule has 4 nitrogen and oxygen atoms in total. The quantitative estimate of drug-likeness (QED) is 0.781. The minimum atomic E-state index is -3.55. The van der Waals surface area contributed by atoms with Crippen LogP contribution in [0, 0.1) is 0 Å². The summed E-state index contributed by atoms with van der Waals surface area (Å²) >= 11 is 0. The van der Waals surface area contributed by atoms with Gasteiger partial charge in [-0.25, -0.2) is 4.79 Å². The van der Waals surface area contributed by atoms with Crippen molar-refractivity contribution in [2.24, 2.45) is 5.16 Å². The molecule has 0 spiro atoms. The van der Waals surface area contributed by atoms with E-state index in [1.165, 1.54) is 6.92 Å². The first kappa shape index (κ1) is 14.4. The lowest BCUT2D eigenvalue weighted by molar-refractivity contribution is -0.176. The first-order chi connectivity index (χ1) is 9.53. The smallest absolute Gasteiger partial charge is 0.377 e. The summed E-state index contributed by atoms with van der Waals surface area (Å²) in [5.41, 5.74) is 1.43. The Labute approximate surface area is 115 Å². The molecule has 0 saturated carbocycles. The topological polar surface area (TPSA) is 47.9 Å². The molecular weight excluding hydrogens is 268 g/mol. The minimum absolute atomic E-state index is 0.0777. The maximum atomic E-state index is 13.6. The molecule has 1 heterocycles. The molecule has 1 aliphatic heterocycles. The summed E-state index contributed by atoms with van der Waals surface area (Å²) in [6, 6.07) is 9.17. The summed E-state index contributed by atoms with van der Waals surface area (Å²) < 4.78 is 31.5. The van der Waals surface area contributed by atoms with Crippen LogP contribution in [0.2, 0.25) is 0 Å². The van der Waals surface area contributed by atoms with Gasteiger partial charge in [-0.3, -0.25) is 0 Å². The number of nitrogens with zero attached hydrogens (tertiary/aromatic N) is 1. The summed E-state index contributed by atoms with van der Waals surface area (Å²) in [5.74, 6) is -5.07. The molecule has 0 radical (unpaired) electrons. The van der Waals surface area contributed by atoms with Gasteiger partial charge in [-0.05, 0) is 12.5 Å². The van der Waals surface area contributed by atoms with E-state index in [2.05, 4.69) is 9.89 Å². The Morgan fingerprint density at radius 1 is 1.45 bits per heavy atom. The number of esters is 1. The average Bonchev–Trinajstić information content (AvgIpc) is 2.88. The largest absolute Gasteiger partial charge is 0.462 e. The van der Waals surface area contributed by atoms with Gasteiger partial charge in [0.15, 0.2) is 0 Å². The second-order valence-corrected chi connectivity index (χ2v) is 4.46. The van der Waals surface area contributed by atoms with E-state index in [-0.39, 0.29) is 13.0 Å². The van der Waals surface area contributed by atoms with Gasteiger partial charge >= 0.3 is 11.9 Å². The molecule has 0 amide bonds. The van der Waals surface area contributed by atoms with Crippen LogP contribution in [0.1, 0.15) is 25.3 Å². The standard InChI is InChI=1S/C14H15F2NO3/c1-2-19-13(18)14(15,16)9-11-8-12(17-20-11)10-6-4-3-5-7-10/h3-7,11H,2,8-9H2,1H3. The molecule has 108 valence electrons. The Kier molecular flexibility index (Phi) is 4.32. The predicted molar refractivity (Wildman–Crippen MR) is 68.7 cm³/mol. The van der Waals surface area contributed by atoms with E-state index in [1.807, 2.05) is 30.3 Å². The molecule has 0 N–H and O–H groups in total. The van der Waals surface area contributed by atoms with E-state index in [1.54, 1.807) is 0 Å². The Morgan fingerprint density at radius 3 is 2.80 bits per heavy atom. The molecule has 20 heavy (non-hydrogen) atoms. The second-order valence-electron chi connectivity index (χ2n) is 4.46. The summed E-state index contributed by atoms with van der Waals surface area (Å²) in [5, 5.41) is 3.81. The number of carbonyl (C=O) groups excluding carboxylic acids is 1. The first-order valence-electron chi connectivity index (χ1n) is 6.36. The van der Waals surface area contributed by atoms with E-state index in [0.717, 1.165) is 5.56 Å². The number of oxime groups is 1. The average molecular weight is 283 g/mol. The lowest BCUT2D eigenvalue weighted by Crippen LogP contribution is -2.35. The van der Waals surface area contributed by atoms with Crippen molar-refractivity contribution in [2.75, 3.05) is 6.61 Å². The predicted octanol–water partition coefficient (Wildman–Crippen LogP) is 2.77. The summed E-state index contributed by atoms with van der Waals surface area (Å²) in [6.07, 6.45) is -1.30. The Bertz CT molecular complexity index is 502. The SMILES string of the molecule is CCOC(=O)C(F)(F)CC1CC(c2ccccc2)=NO1. The van der Waals surface area contributed by atoms with Gasteiger partial charge < -0.3 is 9.57 Å². The van der Waals surface area contributed by atoms with Crippen LogP contribution in [0.4, 0.5) is 8.78 Å². The second kappa shape index (κ2) is 5.98. The van der Waals surface area contributed by atoms with Crippen molar-refractivity contribution in [3.05, 3.63) is 35.9 Å². The van der Waals surface area contributed by atoms with Crippen LogP contribution in [0.3, 0.4) is 0 Å². The van der Waals surface area contributed by atoms with Crippen molar-refractivity contribution < 1.29 is 23.1 Å². The van der Waals surface area contributed by atoms with Crippen LogP contribution in [0.15, 0.2) is 35.5 Å². The van der Waals surface area contributed by atoms with Crippen molar-refractivity contribution in [3.8, 4) is 0 Å². The fraction of sp³-hybridized carbons (Fsp3) is 0.429. The third-order valence-corrected chi connectivity index (χ3v) is 2.90. The van der Waals surface area contributed by atoms with Crippen molar-refractivity contribution in [3.63, 3.8) is 0 Å². The Hall–Kier alpha value is -1.98. The van der Waals surface area contributed by atoms with Crippen LogP contribution >= 0.6 is 0 Å². The zero-order valence-electron chi connectivity index (χ0n) is 11.0. The number of alkyl halides is 2. The van der Waals surface area contributed by atoms with Gasteiger partial charge in [0.2, 0.25) is 0 Å². The fourth-order valence-corrected chi connectivity index (χ4v) is 1.94. The molecule has 6 heteroatoms. The zero-order valence-corrected chi connectivity index (χ0v) is 11.0. The number of carbonyl (C=O) groups is 1. The highest BCUT2D eigenvalue weighted by Gasteiger charge is 2.44. The van der Waals surface area contributed by atoms with Gasteiger partial charge in [0.05, 0.1) is 18.7 Å². The van der Waals surface area contributed by atoms with E-state index in [0.29, 0.717) is 5.71 Å².